The number of alkyl halides is 2. The van der Waals surface area contributed by atoms with E-state index in [1.165, 1.54) is 19.6 Å². The third-order valence-electron chi connectivity index (χ3n) is 6.67. The van der Waals surface area contributed by atoms with Crippen molar-refractivity contribution in [2.75, 3.05) is 32.6 Å². The van der Waals surface area contributed by atoms with Gasteiger partial charge in [-0.05, 0) is 37.7 Å². The SMILES string of the molecule is COc1ncc2ncnc(Nc3ccc(Oc4cnc5ccnn5c4)c(C)c3)c2c1O[C@H]1CCN(C)CC1(F)F. The summed E-state index contributed by atoms with van der Waals surface area (Å²) in [6.45, 7) is 1.98. The summed E-state index contributed by atoms with van der Waals surface area (Å²) in [4.78, 5) is 18.8. The lowest BCUT2D eigenvalue weighted by Crippen LogP contribution is -2.52. The number of hydrogen-bond donors (Lipinski definition) is 1. The number of halogens is 2. The molecule has 1 saturated heterocycles. The van der Waals surface area contributed by atoms with E-state index >= 15 is 0 Å². The smallest absolute Gasteiger partial charge is 0.296 e. The Morgan fingerprint density at radius 1 is 1.10 bits per heavy atom. The van der Waals surface area contributed by atoms with E-state index in [1.54, 1.807) is 41.1 Å². The van der Waals surface area contributed by atoms with Gasteiger partial charge in [-0.1, -0.05) is 0 Å². The number of fused-ring (bicyclic) bond motifs is 2. The molecule has 0 bridgehead atoms. The van der Waals surface area contributed by atoms with Crippen molar-refractivity contribution in [1.82, 2.24) is 34.4 Å². The maximum Gasteiger partial charge on any atom is 0.296 e. The fourth-order valence-corrected chi connectivity index (χ4v) is 4.68. The lowest BCUT2D eigenvalue weighted by Gasteiger charge is -2.36. The second-order valence-corrected chi connectivity index (χ2v) is 9.60. The molecule has 0 aliphatic carbocycles. The molecule has 5 aromatic rings. The van der Waals surface area contributed by atoms with Crippen LogP contribution in [0.15, 0.2) is 55.4 Å². The minimum absolute atomic E-state index is 0.0653. The van der Waals surface area contributed by atoms with Crippen molar-refractivity contribution in [3.63, 3.8) is 0 Å². The molecule has 6 rings (SSSR count). The van der Waals surface area contributed by atoms with Gasteiger partial charge >= 0.3 is 0 Å². The number of pyridine rings is 1. The molecule has 1 N–H and O–H groups in total. The molecule has 11 nitrogen and oxygen atoms in total. The van der Waals surface area contributed by atoms with Crippen molar-refractivity contribution in [2.45, 2.75) is 25.4 Å². The van der Waals surface area contributed by atoms with Gasteiger partial charge in [-0.3, -0.25) is 0 Å². The molecule has 1 aliphatic heterocycles. The van der Waals surface area contributed by atoms with Gasteiger partial charge < -0.3 is 24.4 Å². The fraction of sp³-hybridized carbons (Fsp3) is 0.296. The van der Waals surface area contributed by atoms with Crippen molar-refractivity contribution in [3.05, 3.63) is 60.9 Å². The molecule has 206 valence electrons. The van der Waals surface area contributed by atoms with Crippen LogP contribution in [0.1, 0.15) is 12.0 Å². The molecule has 40 heavy (non-hydrogen) atoms. The quantitative estimate of drug-likeness (QED) is 0.309. The molecule has 1 aliphatic rings. The largest absolute Gasteiger partial charge is 0.478 e. The Balaban J connectivity index is 1.31. The average Bonchev–Trinajstić information content (AvgIpc) is 3.39. The molecule has 0 saturated carbocycles. The normalized spacial score (nSPS) is 17.2. The number of benzene rings is 1. The number of nitrogens with zero attached hydrogens (tertiary/aromatic N) is 7. The second kappa shape index (κ2) is 10.2. The number of methoxy groups -OCH3 is 1. The maximum atomic E-state index is 14.9. The van der Waals surface area contributed by atoms with Gasteiger partial charge in [-0.15, -0.1) is 0 Å². The van der Waals surface area contributed by atoms with Crippen molar-refractivity contribution in [3.8, 4) is 23.1 Å². The van der Waals surface area contributed by atoms with Crippen molar-refractivity contribution >= 4 is 28.1 Å². The van der Waals surface area contributed by atoms with E-state index in [4.69, 9.17) is 14.2 Å². The number of rotatable bonds is 7. The van der Waals surface area contributed by atoms with Crippen LogP contribution in [-0.4, -0.2) is 73.7 Å². The van der Waals surface area contributed by atoms with E-state index in [-0.39, 0.29) is 18.1 Å². The highest BCUT2D eigenvalue weighted by Crippen LogP contribution is 2.41. The third kappa shape index (κ3) is 4.91. The minimum Gasteiger partial charge on any atom is -0.478 e. The first-order valence-electron chi connectivity index (χ1n) is 12.6. The molecule has 13 heteroatoms. The van der Waals surface area contributed by atoms with E-state index in [0.29, 0.717) is 40.5 Å². The molecule has 0 amide bonds. The van der Waals surface area contributed by atoms with E-state index < -0.39 is 18.6 Å². The zero-order valence-corrected chi connectivity index (χ0v) is 22.0. The van der Waals surface area contributed by atoms with Gasteiger partial charge in [0.25, 0.3) is 11.8 Å². The summed E-state index contributed by atoms with van der Waals surface area (Å²) in [5, 5.41) is 7.84. The van der Waals surface area contributed by atoms with Crippen LogP contribution in [0.2, 0.25) is 0 Å². The number of likely N-dealkylation sites (tertiary alicyclic amines) is 1. The molecule has 1 fully saturated rings. The van der Waals surface area contributed by atoms with Crippen LogP contribution in [0.25, 0.3) is 16.6 Å². The van der Waals surface area contributed by atoms with Crippen LogP contribution < -0.4 is 19.5 Å². The van der Waals surface area contributed by atoms with Crippen LogP contribution in [0.5, 0.6) is 23.1 Å². The molecule has 1 atom stereocenters. The van der Waals surface area contributed by atoms with E-state index in [0.717, 1.165) is 11.2 Å². The Morgan fingerprint density at radius 2 is 1.98 bits per heavy atom. The first-order valence-corrected chi connectivity index (χ1v) is 12.6. The second-order valence-electron chi connectivity index (χ2n) is 9.60. The minimum atomic E-state index is -3.06. The van der Waals surface area contributed by atoms with Gasteiger partial charge in [0.15, 0.2) is 23.3 Å². The summed E-state index contributed by atoms with van der Waals surface area (Å²) in [5.41, 5.74) is 2.67. The summed E-state index contributed by atoms with van der Waals surface area (Å²) in [5.74, 6) is -1.40. The molecule has 0 radical (unpaired) electrons. The molecular formula is C27H26F2N8O3. The van der Waals surface area contributed by atoms with Gasteiger partial charge in [0.05, 0.1) is 49.3 Å². The number of hydrogen-bond acceptors (Lipinski definition) is 10. The van der Waals surface area contributed by atoms with Crippen LogP contribution in [0.3, 0.4) is 0 Å². The molecule has 0 unspecified atom stereocenters. The van der Waals surface area contributed by atoms with Crippen LogP contribution in [0.4, 0.5) is 20.3 Å². The lowest BCUT2D eigenvalue weighted by molar-refractivity contribution is -0.135. The van der Waals surface area contributed by atoms with Crippen LogP contribution in [0, 0.1) is 6.92 Å². The van der Waals surface area contributed by atoms with Crippen molar-refractivity contribution in [2.24, 2.45) is 0 Å². The molecule has 0 spiro atoms. The summed E-state index contributed by atoms with van der Waals surface area (Å²) < 4.78 is 48.8. The highest BCUT2D eigenvalue weighted by Gasteiger charge is 2.46. The molecule has 4 aromatic heterocycles. The monoisotopic (exact) mass is 548 g/mol. The number of anilines is 2. The zero-order chi connectivity index (χ0) is 27.9. The topological polar surface area (TPSA) is 112 Å². The number of ether oxygens (including phenoxy) is 3. The standard InChI is InChI=1S/C27H26F2N8O3/c1-16-10-17(4-5-20(16)39-18-11-30-22-6-8-34-37(22)13-18)35-25-23-19(32-15-33-25)12-31-26(38-3)24(23)40-21-7-9-36(2)14-27(21,28)29/h4-6,8,10-13,15,21H,7,9,14H2,1-3H3,(H,32,33,35)/t21-/m0/s1. The fourth-order valence-electron chi connectivity index (χ4n) is 4.68. The highest BCUT2D eigenvalue weighted by atomic mass is 19.3. The summed E-state index contributed by atoms with van der Waals surface area (Å²) in [6, 6.07) is 7.31. The number of piperidine rings is 1. The van der Waals surface area contributed by atoms with Gasteiger partial charge in [0.2, 0.25) is 0 Å². The number of nitrogens with one attached hydrogen (secondary N) is 1. The Labute approximate surface area is 227 Å². The predicted molar refractivity (Wildman–Crippen MR) is 143 cm³/mol. The average molecular weight is 549 g/mol. The summed E-state index contributed by atoms with van der Waals surface area (Å²) >= 11 is 0. The number of aromatic nitrogens is 6. The summed E-state index contributed by atoms with van der Waals surface area (Å²) in [6.07, 6.45) is 6.69. The van der Waals surface area contributed by atoms with Gasteiger partial charge in [0.1, 0.15) is 17.9 Å². The van der Waals surface area contributed by atoms with Crippen molar-refractivity contribution in [1.29, 1.82) is 0 Å². The van der Waals surface area contributed by atoms with Crippen molar-refractivity contribution < 1.29 is 23.0 Å². The lowest BCUT2D eigenvalue weighted by atomic mass is 10.0. The number of aryl methyl sites for hydroxylation is 1. The molecular weight excluding hydrogens is 522 g/mol. The zero-order valence-electron chi connectivity index (χ0n) is 22.0. The summed E-state index contributed by atoms with van der Waals surface area (Å²) in [7, 11) is 3.07. The third-order valence-corrected chi connectivity index (χ3v) is 6.67. The Bertz CT molecular complexity index is 1700. The van der Waals surface area contributed by atoms with Gasteiger partial charge in [-0.2, -0.15) is 5.10 Å². The molecule has 5 heterocycles. The Morgan fingerprint density at radius 3 is 2.77 bits per heavy atom. The van der Waals surface area contributed by atoms with E-state index in [9.17, 15) is 8.78 Å². The Hall–Kier alpha value is -4.65. The predicted octanol–water partition coefficient (Wildman–Crippen LogP) is 4.64. The first-order chi connectivity index (χ1) is 19.3. The van der Waals surface area contributed by atoms with Crippen LogP contribution >= 0.6 is 0 Å². The Kier molecular flexibility index (Phi) is 6.50. The first kappa shape index (κ1) is 25.6. The van der Waals surface area contributed by atoms with Gasteiger partial charge in [0, 0.05) is 24.7 Å². The highest BCUT2D eigenvalue weighted by molar-refractivity contribution is 5.96. The van der Waals surface area contributed by atoms with E-state index in [2.05, 4.69) is 30.4 Å². The van der Waals surface area contributed by atoms with E-state index in [1.807, 2.05) is 25.1 Å². The molecule has 1 aromatic carbocycles. The maximum absolute atomic E-state index is 14.9. The van der Waals surface area contributed by atoms with Gasteiger partial charge in [-0.25, -0.2) is 33.2 Å². The van der Waals surface area contributed by atoms with Crippen LogP contribution in [-0.2, 0) is 0 Å².